The molecule has 1 atom stereocenters. The molecule has 0 radical (unpaired) electrons. The van der Waals surface area contributed by atoms with Gasteiger partial charge in [-0.2, -0.15) is 0 Å². The second-order valence-corrected chi connectivity index (χ2v) is 6.75. The first-order valence-electron chi connectivity index (χ1n) is 7.22. The predicted octanol–water partition coefficient (Wildman–Crippen LogP) is 3.32. The van der Waals surface area contributed by atoms with Crippen molar-refractivity contribution in [2.45, 2.75) is 25.3 Å². The molecule has 0 aliphatic heterocycles. The summed E-state index contributed by atoms with van der Waals surface area (Å²) in [4.78, 5) is 3.62. The van der Waals surface area contributed by atoms with Crippen LogP contribution in [0.5, 0.6) is 0 Å². The Bertz CT molecular complexity index is 556. The van der Waals surface area contributed by atoms with E-state index >= 15 is 0 Å². The summed E-state index contributed by atoms with van der Waals surface area (Å²) in [5.74, 6) is -0.149. The highest BCUT2D eigenvalue weighted by atomic mass is 32.1. The van der Waals surface area contributed by atoms with Gasteiger partial charge in [-0.3, -0.25) is 4.90 Å². The van der Waals surface area contributed by atoms with Gasteiger partial charge in [0.25, 0.3) is 0 Å². The Morgan fingerprint density at radius 3 is 2.62 bits per heavy atom. The van der Waals surface area contributed by atoms with Crippen molar-refractivity contribution in [3.05, 3.63) is 58.0 Å². The van der Waals surface area contributed by atoms with Crippen molar-refractivity contribution in [3.8, 4) is 0 Å². The molecule has 4 heteroatoms. The molecule has 0 aliphatic carbocycles. The maximum Gasteiger partial charge on any atom is 0.126 e. The molecule has 2 rings (SSSR count). The number of benzene rings is 1. The highest BCUT2D eigenvalue weighted by molar-refractivity contribution is 7.09. The van der Waals surface area contributed by atoms with E-state index in [4.69, 9.17) is 5.73 Å². The van der Waals surface area contributed by atoms with Gasteiger partial charge in [-0.25, -0.2) is 4.39 Å². The monoisotopic (exact) mass is 306 g/mol. The third kappa shape index (κ3) is 4.13. The smallest absolute Gasteiger partial charge is 0.126 e. The van der Waals surface area contributed by atoms with Crippen LogP contribution in [-0.4, -0.2) is 30.6 Å². The fourth-order valence-electron chi connectivity index (χ4n) is 2.42. The Kier molecular flexibility index (Phi) is 5.51. The minimum Gasteiger partial charge on any atom is -0.329 e. The Balaban J connectivity index is 2.03. The van der Waals surface area contributed by atoms with E-state index in [9.17, 15) is 4.39 Å². The Labute approximate surface area is 130 Å². The zero-order valence-corrected chi connectivity index (χ0v) is 13.5. The van der Waals surface area contributed by atoms with E-state index in [1.165, 1.54) is 10.9 Å². The maximum absolute atomic E-state index is 13.9. The topological polar surface area (TPSA) is 29.3 Å². The van der Waals surface area contributed by atoms with Crippen LogP contribution in [0.1, 0.15) is 17.4 Å². The van der Waals surface area contributed by atoms with Crippen LogP contribution in [0.25, 0.3) is 0 Å². The predicted molar refractivity (Wildman–Crippen MR) is 88.2 cm³/mol. The SMILES string of the molecule is CN(CCc1cccs1)C(C)(CN)Cc1ccccc1F. The minimum absolute atomic E-state index is 0.149. The largest absolute Gasteiger partial charge is 0.329 e. The van der Waals surface area contributed by atoms with E-state index in [-0.39, 0.29) is 11.4 Å². The highest BCUT2D eigenvalue weighted by Gasteiger charge is 2.28. The van der Waals surface area contributed by atoms with E-state index in [0.29, 0.717) is 13.0 Å². The molecule has 1 heterocycles. The molecule has 0 amide bonds. The first-order chi connectivity index (χ1) is 10.0. The van der Waals surface area contributed by atoms with Crippen LogP contribution in [0.4, 0.5) is 4.39 Å². The lowest BCUT2D eigenvalue weighted by Crippen LogP contribution is -2.52. The number of hydrogen-bond donors (Lipinski definition) is 1. The lowest BCUT2D eigenvalue weighted by Gasteiger charge is -2.38. The zero-order valence-electron chi connectivity index (χ0n) is 12.7. The Morgan fingerprint density at radius 1 is 1.24 bits per heavy atom. The van der Waals surface area contributed by atoms with E-state index in [1.54, 1.807) is 17.4 Å². The van der Waals surface area contributed by atoms with Crippen LogP contribution in [-0.2, 0) is 12.8 Å². The third-order valence-electron chi connectivity index (χ3n) is 4.16. The van der Waals surface area contributed by atoms with Crippen molar-refractivity contribution in [1.29, 1.82) is 0 Å². The standard InChI is InChI=1S/C17H23FN2S/c1-17(13-19,12-14-6-3-4-8-16(14)18)20(2)10-9-15-7-5-11-21-15/h3-8,11H,9-10,12-13,19H2,1-2H3. The van der Waals surface area contributed by atoms with Gasteiger partial charge in [-0.05, 0) is 49.9 Å². The van der Waals surface area contributed by atoms with E-state index in [0.717, 1.165) is 18.5 Å². The molecule has 114 valence electrons. The molecule has 1 aromatic heterocycles. The zero-order chi connectivity index (χ0) is 15.3. The molecule has 2 aromatic rings. The number of hydrogen-bond acceptors (Lipinski definition) is 3. The normalized spacial score (nSPS) is 14.3. The maximum atomic E-state index is 13.9. The molecule has 0 spiro atoms. The number of nitrogens with two attached hydrogens (primary N) is 1. The fraction of sp³-hybridized carbons (Fsp3) is 0.412. The summed E-state index contributed by atoms with van der Waals surface area (Å²) in [7, 11) is 2.07. The summed E-state index contributed by atoms with van der Waals surface area (Å²) < 4.78 is 13.9. The lowest BCUT2D eigenvalue weighted by atomic mass is 9.90. The number of thiophene rings is 1. The number of likely N-dealkylation sites (N-methyl/N-ethyl adjacent to an activating group) is 1. The molecule has 21 heavy (non-hydrogen) atoms. The molecule has 0 fully saturated rings. The number of nitrogens with zero attached hydrogens (tertiary/aromatic N) is 1. The van der Waals surface area contributed by atoms with Gasteiger partial charge in [0.15, 0.2) is 0 Å². The van der Waals surface area contributed by atoms with Crippen molar-refractivity contribution >= 4 is 11.3 Å². The Hall–Kier alpha value is -1.23. The Morgan fingerprint density at radius 2 is 2.00 bits per heavy atom. The average molecular weight is 306 g/mol. The van der Waals surface area contributed by atoms with Gasteiger partial charge in [0.2, 0.25) is 0 Å². The summed E-state index contributed by atoms with van der Waals surface area (Å²) in [5.41, 5.74) is 6.49. The summed E-state index contributed by atoms with van der Waals surface area (Å²) in [6.45, 7) is 3.53. The van der Waals surface area contributed by atoms with Crippen molar-refractivity contribution in [2.75, 3.05) is 20.1 Å². The number of rotatable bonds is 7. The molecular weight excluding hydrogens is 283 g/mol. The lowest BCUT2D eigenvalue weighted by molar-refractivity contribution is 0.145. The molecule has 2 nitrogen and oxygen atoms in total. The molecular formula is C17H23FN2S. The molecule has 1 unspecified atom stereocenters. The second kappa shape index (κ2) is 7.16. The molecule has 1 aromatic carbocycles. The van der Waals surface area contributed by atoms with Crippen LogP contribution in [0.15, 0.2) is 41.8 Å². The summed E-state index contributed by atoms with van der Waals surface area (Å²) in [6, 6.07) is 11.2. The first-order valence-corrected chi connectivity index (χ1v) is 8.10. The van der Waals surface area contributed by atoms with Gasteiger partial charge in [0.1, 0.15) is 5.82 Å². The average Bonchev–Trinajstić information content (AvgIpc) is 3.00. The van der Waals surface area contributed by atoms with E-state index < -0.39 is 0 Å². The van der Waals surface area contributed by atoms with E-state index in [2.05, 4.69) is 36.4 Å². The molecule has 2 N–H and O–H groups in total. The van der Waals surface area contributed by atoms with E-state index in [1.807, 2.05) is 12.1 Å². The molecule has 0 bridgehead atoms. The van der Waals surface area contributed by atoms with Gasteiger partial charge in [0.05, 0.1) is 0 Å². The van der Waals surface area contributed by atoms with Gasteiger partial charge in [-0.15, -0.1) is 11.3 Å². The van der Waals surface area contributed by atoms with Crippen LogP contribution in [0, 0.1) is 5.82 Å². The molecule has 0 saturated carbocycles. The van der Waals surface area contributed by atoms with Gasteiger partial charge < -0.3 is 5.73 Å². The van der Waals surface area contributed by atoms with Crippen molar-refractivity contribution < 1.29 is 4.39 Å². The van der Waals surface area contributed by atoms with Crippen molar-refractivity contribution in [1.82, 2.24) is 4.90 Å². The van der Waals surface area contributed by atoms with Gasteiger partial charge >= 0.3 is 0 Å². The van der Waals surface area contributed by atoms with Crippen LogP contribution < -0.4 is 5.73 Å². The van der Waals surface area contributed by atoms with Crippen LogP contribution in [0.2, 0.25) is 0 Å². The summed E-state index contributed by atoms with van der Waals surface area (Å²) >= 11 is 1.77. The quantitative estimate of drug-likeness (QED) is 0.850. The minimum atomic E-state index is -0.237. The first kappa shape index (κ1) is 16.1. The highest BCUT2D eigenvalue weighted by Crippen LogP contribution is 2.21. The van der Waals surface area contributed by atoms with Gasteiger partial charge in [-0.1, -0.05) is 24.3 Å². The fourth-order valence-corrected chi connectivity index (χ4v) is 3.12. The molecule has 0 aliphatic rings. The number of halogens is 1. The summed E-state index contributed by atoms with van der Waals surface area (Å²) in [5, 5.41) is 2.09. The molecule has 0 saturated heterocycles. The van der Waals surface area contributed by atoms with Crippen LogP contribution >= 0.6 is 11.3 Å². The third-order valence-corrected chi connectivity index (χ3v) is 5.10. The van der Waals surface area contributed by atoms with Crippen molar-refractivity contribution in [2.24, 2.45) is 5.73 Å². The summed E-state index contributed by atoms with van der Waals surface area (Å²) in [6.07, 6.45) is 1.62. The van der Waals surface area contributed by atoms with Crippen LogP contribution in [0.3, 0.4) is 0 Å². The van der Waals surface area contributed by atoms with Gasteiger partial charge in [0, 0.05) is 23.5 Å². The second-order valence-electron chi connectivity index (χ2n) is 5.72. The van der Waals surface area contributed by atoms with Crippen molar-refractivity contribution in [3.63, 3.8) is 0 Å².